The van der Waals surface area contributed by atoms with Gasteiger partial charge in [-0.25, -0.2) is 0 Å². The second kappa shape index (κ2) is 8.57. The number of rotatable bonds is 7. The Morgan fingerprint density at radius 3 is 2.60 bits per heavy atom. The van der Waals surface area contributed by atoms with E-state index in [9.17, 15) is 14.9 Å². The fourth-order valence-corrected chi connectivity index (χ4v) is 2.40. The van der Waals surface area contributed by atoms with Gasteiger partial charge in [0.1, 0.15) is 0 Å². The van der Waals surface area contributed by atoms with Crippen molar-refractivity contribution in [3.63, 3.8) is 0 Å². The first-order chi connectivity index (χ1) is 12.0. The van der Waals surface area contributed by atoms with E-state index in [1.54, 1.807) is 11.8 Å². The van der Waals surface area contributed by atoms with Crippen LogP contribution in [0.1, 0.15) is 11.1 Å². The van der Waals surface area contributed by atoms with Crippen LogP contribution in [-0.4, -0.2) is 28.8 Å². The van der Waals surface area contributed by atoms with E-state index in [0.717, 1.165) is 5.56 Å². The molecule has 0 unspecified atom stereocenters. The summed E-state index contributed by atoms with van der Waals surface area (Å²) >= 11 is 0. The molecule has 0 atom stereocenters. The molecule has 0 radical (unpaired) electrons. The number of hydrogen-bond acceptors (Lipinski definition) is 5. The summed E-state index contributed by atoms with van der Waals surface area (Å²) in [7, 11) is 0. The third-order valence-electron chi connectivity index (χ3n) is 3.61. The van der Waals surface area contributed by atoms with Crippen molar-refractivity contribution in [3.05, 3.63) is 69.8 Å². The topological polar surface area (TPSA) is 99.3 Å². The number of nitriles is 1. The summed E-state index contributed by atoms with van der Waals surface area (Å²) in [5.74, 6) is -0.275. The maximum atomic E-state index is 12.3. The number of non-ortho nitro benzene ring substituents is 1. The summed E-state index contributed by atoms with van der Waals surface area (Å²) in [5.41, 5.74) is 2.12. The number of nitro groups is 1. The van der Waals surface area contributed by atoms with E-state index in [0.29, 0.717) is 17.8 Å². The molecule has 0 aliphatic rings. The molecule has 128 valence electrons. The van der Waals surface area contributed by atoms with Gasteiger partial charge >= 0.3 is 0 Å². The summed E-state index contributed by atoms with van der Waals surface area (Å²) in [5, 5.41) is 22.5. The third-order valence-corrected chi connectivity index (χ3v) is 3.61. The Labute approximate surface area is 145 Å². The number of benzene rings is 2. The average molecular weight is 338 g/mol. The van der Waals surface area contributed by atoms with Crippen LogP contribution in [0.5, 0.6) is 0 Å². The van der Waals surface area contributed by atoms with Gasteiger partial charge in [0.25, 0.3) is 5.69 Å². The Bertz CT molecular complexity index is 800. The number of anilines is 1. The smallest absolute Gasteiger partial charge is 0.269 e. The molecule has 0 aromatic heterocycles. The van der Waals surface area contributed by atoms with Crippen LogP contribution in [0.15, 0.2) is 48.5 Å². The number of carbonyl (C=O) groups excluding carboxylic acids is 1. The Balaban J connectivity index is 2.01. The fourth-order valence-electron chi connectivity index (χ4n) is 2.40. The van der Waals surface area contributed by atoms with Crippen molar-refractivity contribution in [2.75, 3.05) is 18.4 Å². The number of nitrogens with zero attached hydrogens (tertiary/aromatic N) is 3. The average Bonchev–Trinajstić information content (AvgIpc) is 2.57. The van der Waals surface area contributed by atoms with Crippen molar-refractivity contribution >= 4 is 17.3 Å². The Kier molecular flexibility index (Phi) is 6.20. The van der Waals surface area contributed by atoms with Crippen LogP contribution in [-0.2, 0) is 11.3 Å². The predicted molar refractivity (Wildman–Crippen MR) is 93.8 cm³/mol. The van der Waals surface area contributed by atoms with Gasteiger partial charge in [0.05, 0.1) is 24.1 Å². The van der Waals surface area contributed by atoms with E-state index in [-0.39, 0.29) is 24.7 Å². The summed E-state index contributed by atoms with van der Waals surface area (Å²) in [6.45, 7) is 2.36. The molecule has 2 aromatic rings. The van der Waals surface area contributed by atoms with E-state index in [4.69, 9.17) is 5.26 Å². The second-order valence-electron chi connectivity index (χ2n) is 5.59. The first-order valence-corrected chi connectivity index (χ1v) is 7.67. The van der Waals surface area contributed by atoms with Gasteiger partial charge in [-0.1, -0.05) is 30.3 Å². The van der Waals surface area contributed by atoms with Crippen molar-refractivity contribution in [2.24, 2.45) is 0 Å². The van der Waals surface area contributed by atoms with Gasteiger partial charge in [-0.05, 0) is 24.1 Å². The van der Waals surface area contributed by atoms with Gasteiger partial charge in [0.15, 0.2) is 0 Å². The zero-order valence-corrected chi connectivity index (χ0v) is 13.8. The molecule has 0 saturated carbocycles. The molecular weight excluding hydrogens is 320 g/mol. The van der Waals surface area contributed by atoms with Crippen molar-refractivity contribution in [1.82, 2.24) is 4.90 Å². The zero-order valence-electron chi connectivity index (χ0n) is 13.8. The van der Waals surface area contributed by atoms with Crippen molar-refractivity contribution in [3.8, 4) is 6.07 Å². The molecule has 0 spiro atoms. The summed E-state index contributed by atoms with van der Waals surface area (Å²) in [4.78, 5) is 24.3. The molecule has 25 heavy (non-hydrogen) atoms. The molecule has 0 saturated heterocycles. The predicted octanol–water partition coefficient (Wildman–Crippen LogP) is 2.87. The van der Waals surface area contributed by atoms with Crippen LogP contribution in [0.2, 0.25) is 0 Å². The van der Waals surface area contributed by atoms with Gasteiger partial charge in [0.2, 0.25) is 5.91 Å². The van der Waals surface area contributed by atoms with Gasteiger partial charge in [-0.15, -0.1) is 0 Å². The van der Waals surface area contributed by atoms with Crippen molar-refractivity contribution in [1.29, 1.82) is 5.26 Å². The highest BCUT2D eigenvalue weighted by molar-refractivity contribution is 5.93. The Morgan fingerprint density at radius 1 is 1.28 bits per heavy atom. The largest absolute Gasteiger partial charge is 0.325 e. The van der Waals surface area contributed by atoms with Gasteiger partial charge in [-0.3, -0.25) is 19.8 Å². The first-order valence-electron chi connectivity index (χ1n) is 7.67. The molecule has 0 aliphatic heterocycles. The molecule has 0 bridgehead atoms. The molecule has 0 fully saturated rings. The van der Waals surface area contributed by atoms with Crippen LogP contribution in [0.3, 0.4) is 0 Å². The van der Waals surface area contributed by atoms with Crippen LogP contribution < -0.4 is 5.32 Å². The summed E-state index contributed by atoms with van der Waals surface area (Å²) in [6.07, 6.45) is 0. The van der Waals surface area contributed by atoms with E-state index < -0.39 is 4.92 Å². The molecule has 0 heterocycles. The Hall–Kier alpha value is -3.24. The summed E-state index contributed by atoms with van der Waals surface area (Å²) < 4.78 is 0. The highest BCUT2D eigenvalue weighted by atomic mass is 16.6. The van der Waals surface area contributed by atoms with Crippen molar-refractivity contribution < 1.29 is 9.72 Å². The lowest BCUT2D eigenvalue weighted by Crippen LogP contribution is -2.33. The molecule has 0 aliphatic carbocycles. The minimum atomic E-state index is -0.479. The molecule has 1 amide bonds. The molecule has 7 heteroatoms. The van der Waals surface area contributed by atoms with Crippen molar-refractivity contribution in [2.45, 2.75) is 13.5 Å². The molecule has 2 aromatic carbocycles. The monoisotopic (exact) mass is 338 g/mol. The lowest BCUT2D eigenvalue weighted by Gasteiger charge is -2.19. The van der Waals surface area contributed by atoms with E-state index in [2.05, 4.69) is 11.4 Å². The normalized spacial score (nSPS) is 10.3. The maximum absolute atomic E-state index is 12.3. The van der Waals surface area contributed by atoms with Gasteiger partial charge in [-0.2, -0.15) is 5.26 Å². The van der Waals surface area contributed by atoms with Crippen LogP contribution in [0.25, 0.3) is 0 Å². The number of nitrogens with one attached hydrogen (secondary N) is 1. The zero-order chi connectivity index (χ0) is 18.2. The minimum absolute atomic E-state index is 0.0225. The molecule has 1 N–H and O–H groups in total. The lowest BCUT2D eigenvalue weighted by atomic mass is 10.1. The fraction of sp³-hybridized carbons (Fsp3) is 0.222. The van der Waals surface area contributed by atoms with E-state index in [1.165, 1.54) is 18.2 Å². The standard InChI is InChI=1S/C18H18N4O3/c1-14-11-16(22(24)25)7-8-17(14)20-18(23)13-21(10-9-19)12-15-5-3-2-4-6-15/h2-8,11H,10,12-13H2,1H3,(H,20,23). The van der Waals surface area contributed by atoms with Crippen LogP contribution >= 0.6 is 0 Å². The maximum Gasteiger partial charge on any atom is 0.269 e. The molecule has 2 rings (SSSR count). The highest BCUT2D eigenvalue weighted by Gasteiger charge is 2.14. The number of carbonyl (C=O) groups is 1. The summed E-state index contributed by atoms with van der Waals surface area (Å²) in [6, 6.07) is 15.9. The highest BCUT2D eigenvalue weighted by Crippen LogP contribution is 2.21. The van der Waals surface area contributed by atoms with Crippen LogP contribution in [0, 0.1) is 28.4 Å². The van der Waals surface area contributed by atoms with Gasteiger partial charge < -0.3 is 5.32 Å². The number of amides is 1. The SMILES string of the molecule is Cc1cc([N+](=O)[O-])ccc1NC(=O)CN(CC#N)Cc1ccccc1. The second-order valence-corrected chi connectivity index (χ2v) is 5.59. The number of aryl methyl sites for hydroxylation is 1. The quantitative estimate of drug-likeness (QED) is 0.475. The Morgan fingerprint density at radius 2 is 2.00 bits per heavy atom. The van der Waals surface area contributed by atoms with E-state index in [1.807, 2.05) is 30.3 Å². The molecular formula is C18H18N4O3. The lowest BCUT2D eigenvalue weighted by molar-refractivity contribution is -0.384. The minimum Gasteiger partial charge on any atom is -0.325 e. The third kappa shape index (κ3) is 5.41. The van der Waals surface area contributed by atoms with Gasteiger partial charge in [0, 0.05) is 24.4 Å². The number of hydrogen-bond donors (Lipinski definition) is 1. The first kappa shape index (κ1) is 18.1. The van der Waals surface area contributed by atoms with E-state index >= 15 is 0 Å². The molecule has 7 nitrogen and oxygen atoms in total. The van der Waals surface area contributed by atoms with Crippen LogP contribution in [0.4, 0.5) is 11.4 Å². The number of nitro benzene ring substituents is 1.